The molecule has 77 heavy (non-hydrogen) atoms. The lowest BCUT2D eigenvalue weighted by Crippen LogP contribution is -2.51. The van der Waals surface area contributed by atoms with Crippen LogP contribution < -0.4 is 25.0 Å². The van der Waals surface area contributed by atoms with Gasteiger partial charge in [-0.1, -0.05) is 56.2 Å². The van der Waals surface area contributed by atoms with E-state index in [0.717, 1.165) is 60.5 Å². The van der Waals surface area contributed by atoms with E-state index in [9.17, 15) is 19.8 Å². The number of phenols is 1. The van der Waals surface area contributed by atoms with E-state index in [1.54, 1.807) is 41.8 Å². The number of fused-ring (bicyclic) bond motifs is 4. The van der Waals surface area contributed by atoms with Crippen LogP contribution in [0.1, 0.15) is 87.4 Å². The molecule has 400 valence electrons. The van der Waals surface area contributed by atoms with Crippen molar-refractivity contribution in [3.05, 3.63) is 101 Å². The first kappa shape index (κ1) is 51.8. The maximum Gasteiger partial charge on any atom is 0.319 e. The number of hydrogen-bond donors (Lipinski definition) is 4. The van der Waals surface area contributed by atoms with Gasteiger partial charge < -0.3 is 44.6 Å². The smallest absolute Gasteiger partial charge is 0.319 e. The summed E-state index contributed by atoms with van der Waals surface area (Å²) in [6.07, 6.45) is 10.6. The van der Waals surface area contributed by atoms with Crippen molar-refractivity contribution in [1.29, 1.82) is 0 Å². The number of terminal acetylenes is 1. The van der Waals surface area contributed by atoms with Crippen molar-refractivity contribution >= 4 is 50.6 Å². The van der Waals surface area contributed by atoms with Crippen LogP contribution in [0.15, 0.2) is 76.9 Å². The summed E-state index contributed by atoms with van der Waals surface area (Å²) in [6.45, 7) is 12.1. The zero-order valence-electron chi connectivity index (χ0n) is 43.6. The number of pyridine rings is 1. The summed E-state index contributed by atoms with van der Waals surface area (Å²) in [6, 6.07) is 17.6. The fraction of sp³-hybridized carbons (Fsp3) is 0.431. The number of ether oxygens (including phenoxy) is 2. The Balaban J connectivity index is 0.701. The van der Waals surface area contributed by atoms with Crippen molar-refractivity contribution < 1.29 is 38.2 Å². The normalized spacial score (nSPS) is 20.7. The molecule has 0 aliphatic carbocycles. The van der Waals surface area contributed by atoms with Crippen molar-refractivity contribution in [2.45, 2.75) is 96.0 Å². The average molecular weight is 1060 g/mol. The zero-order chi connectivity index (χ0) is 53.5. The number of benzene rings is 3. The largest absolute Gasteiger partial charge is 0.508 e. The minimum atomic E-state index is -0.853. The summed E-state index contributed by atoms with van der Waals surface area (Å²) >= 11 is 1.58. The number of piperidine rings is 1. The number of rotatable bonds is 16. The second kappa shape index (κ2) is 22.0. The number of hydrogen-bond acceptors (Lipinski definition) is 16. The van der Waals surface area contributed by atoms with Gasteiger partial charge in [-0.3, -0.25) is 19.5 Å². The van der Waals surface area contributed by atoms with E-state index in [0.29, 0.717) is 77.2 Å². The molecule has 8 heterocycles. The molecule has 0 saturated carbocycles. The Morgan fingerprint density at radius 3 is 2.51 bits per heavy atom. The Bertz CT molecular complexity index is 3340. The fourth-order valence-corrected chi connectivity index (χ4v) is 12.5. The Morgan fingerprint density at radius 1 is 1.00 bits per heavy atom. The number of halogens is 1. The lowest BCUT2D eigenvalue weighted by molar-refractivity contribution is -0.141. The van der Waals surface area contributed by atoms with Crippen LogP contribution in [0.2, 0.25) is 0 Å². The summed E-state index contributed by atoms with van der Waals surface area (Å²) < 4.78 is 35.3. The quantitative estimate of drug-likeness (QED) is 0.0683. The van der Waals surface area contributed by atoms with Crippen LogP contribution in [0, 0.1) is 36.9 Å². The van der Waals surface area contributed by atoms with Crippen molar-refractivity contribution in [2.75, 3.05) is 57.4 Å². The third-order valence-corrected chi connectivity index (χ3v) is 16.7. The Labute approximate surface area is 450 Å². The van der Waals surface area contributed by atoms with Crippen LogP contribution in [0.25, 0.3) is 43.4 Å². The molecule has 7 aromatic rings. The molecule has 4 aliphatic heterocycles. The molecular formula is C58H63FN10O7S. The monoisotopic (exact) mass is 1060 g/mol. The van der Waals surface area contributed by atoms with Crippen LogP contribution in [0.3, 0.4) is 0 Å². The molecular weight excluding hydrogens is 1000 g/mol. The maximum absolute atomic E-state index is 17.0. The lowest BCUT2D eigenvalue weighted by atomic mass is 9.91. The molecule has 6 atom stereocenters. The van der Waals surface area contributed by atoms with Crippen LogP contribution >= 0.6 is 11.3 Å². The number of aliphatic hydroxyl groups is 1. The molecule has 19 heteroatoms. The SMILES string of the molecule is C#Cc1cccc2cc(O)cc(-c3ncc4c(N5CC6CCC(C5)N6)nc(OCCN5CCC(COc6cc([C@H](C(=O)N7C[C@H](O)C[C@H]7C(=O)N[C@@H](C)c7ccc(-c8scnc8C)cc7)C(C)C)on6)CC5)nc4c3F)c12. The molecule has 4 fully saturated rings. The average Bonchev–Trinajstić information content (AvgIpc) is 4.26. The van der Waals surface area contributed by atoms with Gasteiger partial charge in [0.15, 0.2) is 11.6 Å². The predicted molar refractivity (Wildman–Crippen MR) is 291 cm³/mol. The molecule has 3 aromatic carbocycles. The molecule has 11 rings (SSSR count). The highest BCUT2D eigenvalue weighted by Gasteiger charge is 2.44. The summed E-state index contributed by atoms with van der Waals surface area (Å²) in [5.74, 6) is 1.84. The third-order valence-electron chi connectivity index (χ3n) is 15.7. The number of likely N-dealkylation sites (tertiary alicyclic amines) is 2. The highest BCUT2D eigenvalue weighted by atomic mass is 32.1. The number of β-amino-alcohol motifs (C(OH)–C–C–N with tert-alkyl or cyclic N) is 1. The molecule has 0 spiro atoms. The van der Waals surface area contributed by atoms with E-state index >= 15 is 4.39 Å². The Morgan fingerprint density at radius 2 is 1.78 bits per heavy atom. The molecule has 4 saturated heterocycles. The van der Waals surface area contributed by atoms with Crippen LogP contribution in [0.5, 0.6) is 17.6 Å². The first-order valence-corrected chi connectivity index (χ1v) is 27.5. The van der Waals surface area contributed by atoms with Gasteiger partial charge in [0.05, 0.1) is 40.2 Å². The fourth-order valence-electron chi connectivity index (χ4n) is 11.7. The number of carbonyl (C=O) groups excluding carboxylic acids is 2. The third kappa shape index (κ3) is 10.8. The first-order chi connectivity index (χ1) is 37.3. The number of thiazole rings is 1. The van der Waals surface area contributed by atoms with Gasteiger partial charge in [0.2, 0.25) is 11.8 Å². The molecule has 2 unspecified atom stereocenters. The van der Waals surface area contributed by atoms with E-state index in [4.69, 9.17) is 25.4 Å². The Hall–Kier alpha value is -7.24. The highest BCUT2D eigenvalue weighted by molar-refractivity contribution is 7.13. The standard InChI is InChI=1S/C58H63FN10O7S/c1-6-36-8-7-9-39-22-42(70)23-44(50(36)39)52-51(59)53-45(26-60-52)55(68-27-40-14-15-41(28-68)63-40)65-58(64-53)74-21-20-67-18-16-35(17-19-67)30-75-48-25-47(76-66-48)49(32(2)3)57(73)69-29-43(71)24-46(69)56(72)62-33(4)37-10-12-38(13-11-37)54-34(5)61-31-77-54/h1,7-13,22-23,25-26,31-33,35,40-41,43,46,49,63,70-71H,14-21,24,27-30H2,2-5H3,(H,62,72)/t33-,40?,41?,43+,46-,49+/m0/s1. The number of amides is 2. The summed E-state index contributed by atoms with van der Waals surface area (Å²) in [5, 5.41) is 34.2. The number of carbonyl (C=O) groups is 2. The van der Waals surface area contributed by atoms with Crippen LogP contribution in [0.4, 0.5) is 10.2 Å². The number of aromatic nitrogens is 5. The first-order valence-electron chi connectivity index (χ1n) is 26.6. The number of aryl methyl sites for hydroxylation is 1. The second-order valence-electron chi connectivity index (χ2n) is 21.3. The van der Waals surface area contributed by atoms with Crippen LogP contribution in [-0.4, -0.2) is 134 Å². The van der Waals surface area contributed by atoms with Gasteiger partial charge in [0, 0.05) is 73.5 Å². The zero-order valence-corrected chi connectivity index (χ0v) is 44.4. The lowest BCUT2D eigenvalue weighted by Gasteiger charge is -2.34. The minimum Gasteiger partial charge on any atom is -0.508 e. The van der Waals surface area contributed by atoms with E-state index in [-0.39, 0.29) is 78.1 Å². The summed E-state index contributed by atoms with van der Waals surface area (Å²) in [5.41, 5.74) is 5.79. The van der Waals surface area contributed by atoms with Crippen molar-refractivity contribution in [3.8, 4) is 51.7 Å². The van der Waals surface area contributed by atoms with Gasteiger partial charge in [-0.2, -0.15) is 9.97 Å². The number of aromatic hydroxyl groups is 1. The van der Waals surface area contributed by atoms with Crippen molar-refractivity contribution in [2.24, 2.45) is 11.8 Å². The van der Waals surface area contributed by atoms with Gasteiger partial charge >= 0.3 is 6.01 Å². The highest BCUT2D eigenvalue weighted by Crippen LogP contribution is 2.40. The molecule has 2 bridgehead atoms. The number of nitrogens with zero attached hydrogens (tertiary/aromatic N) is 8. The van der Waals surface area contributed by atoms with Crippen molar-refractivity contribution in [1.82, 2.24) is 45.5 Å². The van der Waals surface area contributed by atoms with Gasteiger partial charge in [0.1, 0.15) is 41.3 Å². The molecule has 0 radical (unpaired) electrons. The second-order valence-corrected chi connectivity index (χ2v) is 22.2. The number of anilines is 1. The number of aliphatic hydroxyl groups excluding tert-OH is 1. The summed E-state index contributed by atoms with van der Waals surface area (Å²) in [7, 11) is 0. The number of nitrogens with one attached hydrogen (secondary N) is 2. The van der Waals surface area contributed by atoms with Gasteiger partial charge in [-0.05, 0) is 104 Å². The van der Waals surface area contributed by atoms with E-state index in [1.165, 1.54) is 11.0 Å². The van der Waals surface area contributed by atoms with E-state index in [2.05, 4.69) is 46.5 Å². The van der Waals surface area contributed by atoms with Crippen molar-refractivity contribution in [3.63, 3.8) is 0 Å². The van der Waals surface area contributed by atoms with Gasteiger partial charge in [0.25, 0.3) is 5.88 Å². The van der Waals surface area contributed by atoms with E-state index < -0.39 is 23.9 Å². The molecule has 2 amide bonds. The molecule has 4 aliphatic rings. The number of phenolic OH excluding ortho intramolecular Hbond substituents is 1. The molecule has 4 aromatic heterocycles. The summed E-state index contributed by atoms with van der Waals surface area (Å²) in [4.78, 5) is 53.7. The topological polar surface area (TPSA) is 204 Å². The Kier molecular flexibility index (Phi) is 14.8. The van der Waals surface area contributed by atoms with E-state index in [1.807, 2.05) is 63.5 Å². The molecule has 4 N–H and O–H groups in total. The minimum absolute atomic E-state index is 0.0187. The molecule has 17 nitrogen and oxygen atoms in total. The van der Waals surface area contributed by atoms with Gasteiger partial charge in [-0.25, -0.2) is 9.37 Å². The van der Waals surface area contributed by atoms with Crippen LogP contribution in [-0.2, 0) is 9.59 Å². The maximum atomic E-state index is 17.0. The predicted octanol–water partition coefficient (Wildman–Crippen LogP) is 7.78. The van der Waals surface area contributed by atoms with Gasteiger partial charge in [-0.15, -0.1) is 17.8 Å². The number of piperazine rings is 1.